The number of piperidine rings is 1. The van der Waals surface area contributed by atoms with Crippen molar-refractivity contribution in [2.24, 2.45) is 5.92 Å². The van der Waals surface area contributed by atoms with Gasteiger partial charge in [0.15, 0.2) is 0 Å². The van der Waals surface area contributed by atoms with Gasteiger partial charge in [0.05, 0.1) is 0 Å². The lowest BCUT2D eigenvalue weighted by atomic mass is 10.0. The topological polar surface area (TPSA) is 59.6 Å². The molecule has 0 N–H and O–H groups in total. The molecule has 1 saturated heterocycles. The third kappa shape index (κ3) is 2.45. The van der Waals surface area contributed by atoms with Gasteiger partial charge in [-0.05, 0) is 36.3 Å². The van der Waals surface area contributed by atoms with Crippen LogP contribution in [-0.2, 0) is 11.3 Å². The summed E-state index contributed by atoms with van der Waals surface area (Å²) in [5, 5.41) is 7.21. The molecule has 0 saturated carbocycles. The molecule has 7 heteroatoms. The highest BCUT2D eigenvalue weighted by molar-refractivity contribution is 7.16. The van der Waals surface area contributed by atoms with E-state index in [0.29, 0.717) is 11.4 Å². The van der Waals surface area contributed by atoms with Crippen LogP contribution in [0.2, 0.25) is 0 Å². The normalized spacial score (nSPS) is 18.8. The fourth-order valence-corrected chi connectivity index (χ4v) is 4.14. The van der Waals surface area contributed by atoms with E-state index >= 15 is 0 Å². The molecule has 0 aromatic carbocycles. The maximum Gasteiger partial charge on any atom is 0.291 e. The summed E-state index contributed by atoms with van der Waals surface area (Å²) in [6.07, 6.45) is 3.82. The first-order valence-electron chi connectivity index (χ1n) is 7.85. The Hall–Kier alpha value is -2.15. The molecule has 4 heterocycles. The van der Waals surface area contributed by atoms with Gasteiger partial charge in [0.1, 0.15) is 23.2 Å². The number of aromatic nitrogens is 3. The lowest BCUT2D eigenvalue weighted by Gasteiger charge is -2.30. The van der Waals surface area contributed by atoms with Gasteiger partial charge in [-0.2, -0.15) is 5.10 Å². The van der Waals surface area contributed by atoms with Crippen LogP contribution >= 0.6 is 11.3 Å². The van der Waals surface area contributed by atoms with Crippen LogP contribution < -0.4 is 5.56 Å². The third-order valence-electron chi connectivity index (χ3n) is 4.50. The van der Waals surface area contributed by atoms with Crippen LogP contribution in [0.15, 0.2) is 28.6 Å². The zero-order valence-corrected chi connectivity index (χ0v) is 13.8. The zero-order valence-electron chi connectivity index (χ0n) is 12.9. The first-order chi connectivity index (χ1) is 11.1. The van der Waals surface area contributed by atoms with Gasteiger partial charge in [-0.15, -0.1) is 11.3 Å². The molecule has 1 unspecified atom stereocenters. The standard InChI is InChI=1S/C16H18N4O2S/c1-11-3-2-5-18(8-11)14(21)9-20-15(22)13-7-12-4-6-23-16(12)19(13)10-17-20/h4,6-7,10-11H,2-3,5,8-9H2,1H3. The summed E-state index contributed by atoms with van der Waals surface area (Å²) in [5.41, 5.74) is 0.357. The van der Waals surface area contributed by atoms with Crippen molar-refractivity contribution in [1.82, 2.24) is 19.1 Å². The molecule has 1 amide bonds. The summed E-state index contributed by atoms with van der Waals surface area (Å²) >= 11 is 1.57. The average Bonchev–Trinajstić information content (AvgIpc) is 3.11. The smallest absolute Gasteiger partial charge is 0.291 e. The van der Waals surface area contributed by atoms with E-state index in [1.807, 2.05) is 22.4 Å². The maximum atomic E-state index is 12.6. The number of carbonyl (C=O) groups excluding carboxylic acids is 1. The zero-order chi connectivity index (χ0) is 16.0. The van der Waals surface area contributed by atoms with Gasteiger partial charge < -0.3 is 4.90 Å². The van der Waals surface area contributed by atoms with E-state index in [-0.39, 0.29) is 18.0 Å². The van der Waals surface area contributed by atoms with Crippen molar-refractivity contribution < 1.29 is 4.79 Å². The molecule has 3 aromatic rings. The quantitative estimate of drug-likeness (QED) is 0.722. The number of hydrogen-bond acceptors (Lipinski definition) is 4. The van der Waals surface area contributed by atoms with Crippen LogP contribution in [0.25, 0.3) is 15.7 Å². The molecular formula is C16H18N4O2S. The minimum absolute atomic E-state index is 0.0148. The van der Waals surface area contributed by atoms with Crippen LogP contribution in [0, 0.1) is 5.92 Å². The first-order valence-corrected chi connectivity index (χ1v) is 8.73. The summed E-state index contributed by atoms with van der Waals surface area (Å²) in [6.45, 7) is 3.72. The number of hydrogen-bond donors (Lipinski definition) is 0. The van der Waals surface area contributed by atoms with Gasteiger partial charge in [-0.25, -0.2) is 4.68 Å². The van der Waals surface area contributed by atoms with E-state index < -0.39 is 0 Å². The Balaban J connectivity index is 1.65. The molecule has 6 nitrogen and oxygen atoms in total. The Morgan fingerprint density at radius 1 is 1.48 bits per heavy atom. The lowest BCUT2D eigenvalue weighted by Crippen LogP contribution is -2.42. The van der Waals surface area contributed by atoms with Gasteiger partial charge in [0.2, 0.25) is 5.91 Å². The van der Waals surface area contributed by atoms with Crippen molar-refractivity contribution in [1.29, 1.82) is 0 Å². The number of fused-ring (bicyclic) bond motifs is 3. The van der Waals surface area contributed by atoms with Gasteiger partial charge in [-0.1, -0.05) is 6.92 Å². The second-order valence-electron chi connectivity index (χ2n) is 6.26. The molecule has 0 aliphatic carbocycles. The summed E-state index contributed by atoms with van der Waals surface area (Å²) in [6, 6.07) is 3.84. The summed E-state index contributed by atoms with van der Waals surface area (Å²) in [7, 11) is 0. The highest BCUT2D eigenvalue weighted by Crippen LogP contribution is 2.23. The highest BCUT2D eigenvalue weighted by Gasteiger charge is 2.22. The fraction of sp³-hybridized carbons (Fsp3) is 0.438. The van der Waals surface area contributed by atoms with Gasteiger partial charge in [0, 0.05) is 18.5 Å². The molecule has 3 aromatic heterocycles. The Labute approximate surface area is 136 Å². The minimum Gasteiger partial charge on any atom is -0.341 e. The van der Waals surface area contributed by atoms with Crippen LogP contribution in [0.5, 0.6) is 0 Å². The second kappa shape index (κ2) is 5.49. The first kappa shape index (κ1) is 14.4. The number of carbonyl (C=O) groups is 1. The van der Waals surface area contributed by atoms with Crippen molar-refractivity contribution in [3.05, 3.63) is 34.2 Å². The van der Waals surface area contributed by atoms with Crippen LogP contribution in [0.1, 0.15) is 19.8 Å². The Kier molecular flexibility index (Phi) is 3.45. The number of amides is 1. The summed E-state index contributed by atoms with van der Waals surface area (Å²) < 4.78 is 3.08. The molecule has 1 fully saturated rings. The molecule has 23 heavy (non-hydrogen) atoms. The molecular weight excluding hydrogens is 312 g/mol. The van der Waals surface area contributed by atoms with E-state index in [2.05, 4.69) is 12.0 Å². The summed E-state index contributed by atoms with van der Waals surface area (Å²) in [5.74, 6) is 0.501. The number of rotatable bonds is 2. The fourth-order valence-electron chi connectivity index (χ4n) is 3.28. The van der Waals surface area contributed by atoms with E-state index in [9.17, 15) is 9.59 Å². The molecule has 1 aliphatic rings. The molecule has 120 valence electrons. The van der Waals surface area contributed by atoms with E-state index in [1.54, 1.807) is 22.1 Å². The maximum absolute atomic E-state index is 12.6. The SMILES string of the molecule is CC1CCCN(C(=O)Cn2ncn3c(cc4ccsc43)c2=O)C1. The number of thiophene rings is 1. The van der Waals surface area contributed by atoms with E-state index in [0.717, 1.165) is 36.1 Å². The van der Waals surface area contributed by atoms with Crippen molar-refractivity contribution in [2.75, 3.05) is 13.1 Å². The Morgan fingerprint density at radius 3 is 3.17 bits per heavy atom. The van der Waals surface area contributed by atoms with E-state index in [4.69, 9.17) is 0 Å². The van der Waals surface area contributed by atoms with Crippen molar-refractivity contribution in [2.45, 2.75) is 26.3 Å². The summed E-state index contributed by atoms with van der Waals surface area (Å²) in [4.78, 5) is 27.9. The van der Waals surface area contributed by atoms with Gasteiger partial charge in [0.25, 0.3) is 5.56 Å². The monoisotopic (exact) mass is 330 g/mol. The molecule has 0 spiro atoms. The Morgan fingerprint density at radius 2 is 2.35 bits per heavy atom. The molecule has 4 rings (SSSR count). The predicted molar refractivity (Wildman–Crippen MR) is 89.8 cm³/mol. The Bertz CT molecular complexity index is 939. The number of nitrogens with zero attached hydrogens (tertiary/aromatic N) is 4. The molecule has 0 radical (unpaired) electrons. The van der Waals surface area contributed by atoms with Crippen molar-refractivity contribution in [3.63, 3.8) is 0 Å². The molecule has 1 atom stereocenters. The predicted octanol–water partition coefficient (Wildman–Crippen LogP) is 1.97. The molecule has 0 bridgehead atoms. The molecule has 1 aliphatic heterocycles. The highest BCUT2D eigenvalue weighted by atomic mass is 32.1. The van der Waals surface area contributed by atoms with Crippen molar-refractivity contribution >= 4 is 33.0 Å². The number of likely N-dealkylation sites (tertiary alicyclic amines) is 1. The van der Waals surface area contributed by atoms with Gasteiger partial charge >= 0.3 is 0 Å². The minimum atomic E-state index is -0.214. The second-order valence-corrected chi connectivity index (χ2v) is 7.16. The largest absolute Gasteiger partial charge is 0.341 e. The average molecular weight is 330 g/mol. The van der Waals surface area contributed by atoms with E-state index in [1.165, 1.54) is 4.68 Å². The van der Waals surface area contributed by atoms with Crippen LogP contribution in [-0.4, -0.2) is 38.1 Å². The lowest BCUT2D eigenvalue weighted by molar-refractivity contribution is -0.133. The van der Waals surface area contributed by atoms with Gasteiger partial charge in [-0.3, -0.25) is 14.0 Å². The van der Waals surface area contributed by atoms with Crippen LogP contribution in [0.4, 0.5) is 0 Å². The van der Waals surface area contributed by atoms with Crippen molar-refractivity contribution in [3.8, 4) is 0 Å². The van der Waals surface area contributed by atoms with Crippen LogP contribution in [0.3, 0.4) is 0 Å². The third-order valence-corrected chi connectivity index (χ3v) is 5.43.